The third-order valence-electron chi connectivity index (χ3n) is 6.45. The highest BCUT2D eigenvalue weighted by Gasteiger charge is 2.25. The van der Waals surface area contributed by atoms with E-state index in [-0.39, 0.29) is 21.7 Å². The fourth-order valence-corrected chi connectivity index (χ4v) is 4.94. The summed E-state index contributed by atoms with van der Waals surface area (Å²) in [7, 11) is 0. The normalized spacial score (nSPS) is 16.4. The monoisotopic (exact) mass is 517 g/mol. The van der Waals surface area contributed by atoms with Crippen molar-refractivity contribution in [3.63, 3.8) is 0 Å². The maximum atomic E-state index is 15.4. The van der Waals surface area contributed by atoms with E-state index in [1.165, 1.54) is 24.8 Å². The number of nitrogens with zero attached hydrogens (tertiary/aromatic N) is 5. The summed E-state index contributed by atoms with van der Waals surface area (Å²) in [6.45, 7) is 2.89. The van der Waals surface area contributed by atoms with Crippen LogP contribution in [-0.2, 0) is 9.53 Å². The van der Waals surface area contributed by atoms with E-state index in [2.05, 4.69) is 25.3 Å². The van der Waals surface area contributed by atoms with Crippen molar-refractivity contribution in [2.45, 2.75) is 0 Å². The molecule has 0 radical (unpaired) electrons. The first-order valence-electron chi connectivity index (χ1n) is 11.6. The Morgan fingerprint density at radius 2 is 1.97 bits per heavy atom. The SMILES string of the molecule is NC(=O)/C(=C1/NC=Nn2cccc21)c1cc(-c2ncnc3cc(N4CCOCC4)ccc23)c(F)cc1Cl. The molecule has 4 heterocycles. The molecular formula is C26H21ClFN7O2. The number of halogens is 2. The van der Waals surface area contributed by atoms with E-state index in [0.717, 1.165) is 18.8 Å². The molecule has 37 heavy (non-hydrogen) atoms. The molecule has 0 spiro atoms. The Balaban J connectivity index is 1.50. The molecule has 1 fully saturated rings. The first-order chi connectivity index (χ1) is 18.0. The van der Waals surface area contributed by atoms with E-state index >= 15 is 4.39 Å². The maximum Gasteiger partial charge on any atom is 0.251 e. The first-order valence-corrected chi connectivity index (χ1v) is 12.0. The number of carbonyl (C=O) groups is 1. The van der Waals surface area contributed by atoms with Gasteiger partial charge in [0.05, 0.1) is 46.4 Å². The number of amides is 1. The summed E-state index contributed by atoms with van der Waals surface area (Å²) in [4.78, 5) is 23.7. The van der Waals surface area contributed by atoms with Crippen molar-refractivity contribution in [2.75, 3.05) is 31.2 Å². The molecule has 6 rings (SSSR count). The summed E-state index contributed by atoms with van der Waals surface area (Å²) in [5, 5.41) is 7.88. The Labute approximate surface area is 216 Å². The molecule has 2 aliphatic rings. The standard InChI is InChI=1S/C26H21ClFN7O2/c27-19-12-20(28)18(11-17(19)23(26(29)36)25-22-2-1-5-35(22)33-14-32-25)24-16-4-3-15(10-21(16)30-13-31-24)34-6-8-37-9-7-34/h1-5,10-14H,6-9H2,(H2,29,36)(H,32,33)/b25-23+. The summed E-state index contributed by atoms with van der Waals surface area (Å²) in [5.41, 5.74) is 9.44. The number of nitrogens with one attached hydrogen (secondary N) is 1. The van der Waals surface area contributed by atoms with Crippen molar-refractivity contribution in [1.29, 1.82) is 0 Å². The average molecular weight is 518 g/mol. The number of anilines is 1. The van der Waals surface area contributed by atoms with Gasteiger partial charge in [0.25, 0.3) is 5.91 Å². The lowest BCUT2D eigenvalue weighted by molar-refractivity contribution is -0.112. The molecule has 0 bridgehead atoms. The zero-order chi connectivity index (χ0) is 25.5. The van der Waals surface area contributed by atoms with E-state index in [9.17, 15) is 4.79 Å². The Morgan fingerprint density at radius 1 is 1.14 bits per heavy atom. The van der Waals surface area contributed by atoms with Crippen LogP contribution in [0.2, 0.25) is 5.02 Å². The van der Waals surface area contributed by atoms with Crippen molar-refractivity contribution in [1.82, 2.24) is 20.0 Å². The Hall–Kier alpha value is -4.28. The number of hydrogen-bond donors (Lipinski definition) is 2. The Bertz CT molecular complexity index is 1610. The molecule has 186 valence electrons. The number of morpholine rings is 1. The van der Waals surface area contributed by atoms with Crippen LogP contribution >= 0.6 is 11.6 Å². The van der Waals surface area contributed by atoms with Gasteiger partial charge in [-0.3, -0.25) is 4.79 Å². The van der Waals surface area contributed by atoms with Crippen molar-refractivity contribution in [3.8, 4) is 11.3 Å². The van der Waals surface area contributed by atoms with Gasteiger partial charge in [-0.25, -0.2) is 19.0 Å². The fourth-order valence-electron chi connectivity index (χ4n) is 4.69. The van der Waals surface area contributed by atoms with Crippen LogP contribution in [0.15, 0.2) is 60.1 Å². The number of benzene rings is 2. The predicted octanol–water partition coefficient (Wildman–Crippen LogP) is 3.48. The number of aromatic nitrogens is 3. The van der Waals surface area contributed by atoms with Gasteiger partial charge in [-0.05, 0) is 42.5 Å². The second-order valence-corrected chi connectivity index (χ2v) is 8.98. The third-order valence-corrected chi connectivity index (χ3v) is 6.76. The molecule has 9 nitrogen and oxygen atoms in total. The number of fused-ring (bicyclic) bond motifs is 2. The van der Waals surface area contributed by atoms with Crippen LogP contribution in [0.3, 0.4) is 0 Å². The topological polar surface area (TPSA) is 111 Å². The van der Waals surface area contributed by atoms with E-state index < -0.39 is 11.7 Å². The van der Waals surface area contributed by atoms with Crippen LogP contribution in [-0.4, -0.2) is 53.2 Å². The molecule has 11 heteroatoms. The lowest BCUT2D eigenvalue weighted by Crippen LogP contribution is -2.36. The lowest BCUT2D eigenvalue weighted by Gasteiger charge is -2.29. The molecule has 2 aromatic heterocycles. The summed E-state index contributed by atoms with van der Waals surface area (Å²) in [5.74, 6) is -1.31. The summed E-state index contributed by atoms with van der Waals surface area (Å²) in [6.07, 6.45) is 4.57. The molecule has 2 aromatic carbocycles. The van der Waals surface area contributed by atoms with Crippen molar-refractivity contribution >= 4 is 51.7 Å². The first kappa shape index (κ1) is 23.1. The molecule has 0 saturated carbocycles. The highest BCUT2D eigenvalue weighted by atomic mass is 35.5. The number of rotatable bonds is 4. The second-order valence-electron chi connectivity index (χ2n) is 8.58. The van der Waals surface area contributed by atoms with Crippen LogP contribution in [0.25, 0.3) is 33.4 Å². The van der Waals surface area contributed by atoms with Gasteiger partial charge in [0.1, 0.15) is 18.5 Å². The van der Waals surface area contributed by atoms with Crippen LogP contribution in [0.1, 0.15) is 11.3 Å². The maximum absolute atomic E-state index is 15.4. The predicted molar refractivity (Wildman–Crippen MR) is 140 cm³/mol. The second kappa shape index (κ2) is 9.30. The van der Waals surface area contributed by atoms with Gasteiger partial charge in [0.2, 0.25) is 0 Å². The van der Waals surface area contributed by atoms with Crippen LogP contribution in [0.5, 0.6) is 0 Å². The summed E-state index contributed by atoms with van der Waals surface area (Å²) >= 11 is 6.47. The lowest BCUT2D eigenvalue weighted by atomic mass is 9.96. The highest BCUT2D eigenvalue weighted by molar-refractivity contribution is 6.37. The number of carbonyl (C=O) groups excluding carboxylic acids is 1. The molecule has 0 aliphatic carbocycles. The smallest absolute Gasteiger partial charge is 0.251 e. The number of primary amides is 1. The minimum Gasteiger partial charge on any atom is -0.378 e. The summed E-state index contributed by atoms with van der Waals surface area (Å²) < 4.78 is 22.4. The molecule has 1 saturated heterocycles. The van der Waals surface area contributed by atoms with Crippen molar-refractivity contribution in [2.24, 2.45) is 10.8 Å². The van der Waals surface area contributed by atoms with E-state index in [4.69, 9.17) is 22.1 Å². The van der Waals surface area contributed by atoms with Gasteiger partial charge in [-0.15, -0.1) is 0 Å². The molecule has 2 aliphatic heterocycles. The van der Waals surface area contributed by atoms with Crippen LogP contribution < -0.4 is 16.0 Å². The minimum atomic E-state index is -0.729. The minimum absolute atomic E-state index is 0.0398. The molecule has 3 N–H and O–H groups in total. The highest BCUT2D eigenvalue weighted by Crippen LogP contribution is 2.37. The van der Waals surface area contributed by atoms with Crippen LogP contribution in [0, 0.1) is 5.82 Å². The molecule has 0 atom stereocenters. The quantitative estimate of drug-likeness (QED) is 0.401. The third kappa shape index (κ3) is 4.09. The largest absolute Gasteiger partial charge is 0.378 e. The average Bonchev–Trinajstić information content (AvgIpc) is 3.40. The summed E-state index contributed by atoms with van der Waals surface area (Å²) in [6, 6.07) is 12.0. The van der Waals surface area contributed by atoms with E-state index in [1.54, 1.807) is 23.0 Å². The van der Waals surface area contributed by atoms with E-state index in [0.29, 0.717) is 41.2 Å². The Kier molecular flexibility index (Phi) is 5.82. The van der Waals surface area contributed by atoms with Gasteiger partial charge in [0.15, 0.2) is 0 Å². The van der Waals surface area contributed by atoms with Gasteiger partial charge in [-0.1, -0.05) is 11.6 Å². The van der Waals surface area contributed by atoms with Crippen molar-refractivity contribution < 1.29 is 13.9 Å². The zero-order valence-corrected chi connectivity index (χ0v) is 20.2. The molecule has 4 aromatic rings. The number of hydrogen-bond acceptors (Lipinski definition) is 7. The Morgan fingerprint density at radius 3 is 2.78 bits per heavy atom. The molecular weight excluding hydrogens is 497 g/mol. The molecule has 1 amide bonds. The fraction of sp³-hybridized carbons (Fsp3) is 0.154. The van der Waals surface area contributed by atoms with Gasteiger partial charge < -0.3 is 20.7 Å². The van der Waals surface area contributed by atoms with Gasteiger partial charge in [0, 0.05) is 41.5 Å². The van der Waals surface area contributed by atoms with Crippen LogP contribution in [0.4, 0.5) is 10.1 Å². The molecule has 0 unspecified atom stereocenters. The number of nitrogens with two attached hydrogens (primary N) is 1. The van der Waals surface area contributed by atoms with E-state index in [1.807, 2.05) is 18.2 Å². The van der Waals surface area contributed by atoms with Gasteiger partial charge >= 0.3 is 0 Å². The number of ether oxygens (including phenoxy) is 1. The van der Waals surface area contributed by atoms with Crippen molar-refractivity contribution in [3.05, 3.63) is 77.1 Å². The zero-order valence-electron chi connectivity index (χ0n) is 19.5. The van der Waals surface area contributed by atoms with Gasteiger partial charge in [-0.2, -0.15) is 5.10 Å².